The second-order valence-corrected chi connectivity index (χ2v) is 4.85. The fraction of sp³-hybridized carbons (Fsp3) is 0.417. The number of halogens is 15. The minimum atomic E-state index is -6.95. The van der Waals surface area contributed by atoms with E-state index in [1.807, 2.05) is 0 Å². The summed E-state index contributed by atoms with van der Waals surface area (Å²) in [5.74, 6) is 0. The van der Waals surface area contributed by atoms with E-state index >= 15 is 0 Å². The molecule has 16 heteroatoms. The predicted molar refractivity (Wildman–Crippen MR) is 56.2 cm³/mol. The van der Waals surface area contributed by atoms with Gasteiger partial charge in [0, 0.05) is 0 Å². The number of nitrogens with zero attached hydrogens (tertiary/aromatic N) is 1. The zero-order valence-electron chi connectivity index (χ0n) is 12.1. The summed E-state index contributed by atoms with van der Waals surface area (Å²) in [5, 5.41) is 8.43. The Labute approximate surface area is 142 Å². The number of hydrogen-bond acceptors (Lipinski definition) is 1. The lowest BCUT2D eigenvalue weighted by molar-refractivity contribution is -0.189. The first kappa shape index (κ1) is 23.7. The lowest BCUT2D eigenvalue weighted by Crippen LogP contribution is -2.32. The van der Waals surface area contributed by atoms with Crippen molar-refractivity contribution in [3.63, 3.8) is 0 Å². The van der Waals surface area contributed by atoms with E-state index in [-0.39, 0.29) is 6.07 Å². The van der Waals surface area contributed by atoms with Gasteiger partial charge in [0.05, 0.1) is 33.4 Å². The van der Waals surface area contributed by atoms with Gasteiger partial charge in [-0.3, -0.25) is 0 Å². The number of alkyl halides is 15. The fourth-order valence-corrected chi connectivity index (χ4v) is 2.28. The van der Waals surface area contributed by atoms with Crippen molar-refractivity contribution in [3.05, 3.63) is 33.4 Å². The van der Waals surface area contributed by atoms with E-state index in [9.17, 15) is 65.9 Å². The number of benzene rings is 1. The highest BCUT2D eigenvalue weighted by molar-refractivity contribution is 5.61. The van der Waals surface area contributed by atoms with E-state index in [1.165, 1.54) is 0 Å². The fourth-order valence-electron chi connectivity index (χ4n) is 2.28. The first-order valence-corrected chi connectivity index (χ1v) is 6.06. The highest BCUT2D eigenvalue weighted by Crippen LogP contribution is 2.56. The molecular weight excluding hydrogens is 443 g/mol. The van der Waals surface area contributed by atoms with E-state index < -0.39 is 64.3 Å². The maximum Gasteiger partial charge on any atom is 0.418 e. The Kier molecular flexibility index (Phi) is 5.37. The summed E-state index contributed by atoms with van der Waals surface area (Å²) in [6.07, 6.45) is -34.1. The summed E-state index contributed by atoms with van der Waals surface area (Å²) in [4.78, 5) is 0. The molecule has 158 valence electrons. The number of nitriles is 1. The van der Waals surface area contributed by atoms with Gasteiger partial charge in [-0.15, -0.1) is 0 Å². The molecule has 0 bridgehead atoms. The molecule has 0 heterocycles. The Morgan fingerprint density at radius 1 is 0.393 bits per heavy atom. The molecule has 0 saturated carbocycles. The van der Waals surface area contributed by atoms with Gasteiger partial charge >= 0.3 is 30.9 Å². The van der Waals surface area contributed by atoms with Gasteiger partial charge in [0.2, 0.25) is 0 Å². The molecule has 1 aromatic rings. The smallest absolute Gasteiger partial charge is 0.192 e. The van der Waals surface area contributed by atoms with Gasteiger partial charge in [0.25, 0.3) is 0 Å². The van der Waals surface area contributed by atoms with Gasteiger partial charge in [-0.05, 0) is 0 Å². The van der Waals surface area contributed by atoms with Crippen molar-refractivity contribution < 1.29 is 65.9 Å². The minimum Gasteiger partial charge on any atom is -0.192 e. The second kappa shape index (κ2) is 6.34. The topological polar surface area (TPSA) is 23.8 Å². The summed E-state index contributed by atoms with van der Waals surface area (Å²) in [6, 6.07) is -0.126. The average molecular weight is 443 g/mol. The van der Waals surface area contributed by atoms with E-state index in [1.54, 1.807) is 0 Å². The summed E-state index contributed by atoms with van der Waals surface area (Å²) < 4.78 is 194. The van der Waals surface area contributed by atoms with Gasteiger partial charge in [0.1, 0.15) is 6.07 Å². The maximum atomic E-state index is 12.9. The zero-order valence-corrected chi connectivity index (χ0v) is 12.1. The van der Waals surface area contributed by atoms with Crippen molar-refractivity contribution in [3.8, 4) is 6.07 Å². The van der Waals surface area contributed by atoms with Gasteiger partial charge in [0.15, 0.2) is 0 Å². The van der Waals surface area contributed by atoms with E-state index in [0.29, 0.717) is 0 Å². The minimum absolute atomic E-state index is 0.126. The Morgan fingerprint density at radius 2 is 0.571 bits per heavy atom. The summed E-state index contributed by atoms with van der Waals surface area (Å²) in [6.45, 7) is 0. The average Bonchev–Trinajstić information content (AvgIpc) is 2.38. The van der Waals surface area contributed by atoms with Crippen LogP contribution in [-0.4, -0.2) is 0 Å². The van der Waals surface area contributed by atoms with E-state index in [0.717, 1.165) is 0 Å². The third-order valence-electron chi connectivity index (χ3n) is 3.03. The Balaban J connectivity index is 4.72. The molecule has 0 aliphatic heterocycles. The second-order valence-electron chi connectivity index (χ2n) is 4.85. The van der Waals surface area contributed by atoms with Crippen LogP contribution in [0.4, 0.5) is 65.9 Å². The Bertz CT molecular complexity index is 754. The molecule has 0 unspecified atom stereocenters. The first-order valence-electron chi connectivity index (χ1n) is 6.06. The SMILES string of the molecule is N#Cc1c(C(F)(F)F)c(C(F)(F)F)c(C(F)(F)F)c(C(F)(F)F)c1C(F)(F)F. The molecule has 0 aliphatic rings. The number of hydrogen-bond donors (Lipinski definition) is 0. The number of rotatable bonds is 0. The summed E-state index contributed by atoms with van der Waals surface area (Å²) in [7, 11) is 0. The molecule has 1 rings (SSSR count). The van der Waals surface area contributed by atoms with Crippen molar-refractivity contribution in [2.24, 2.45) is 0 Å². The quantitative estimate of drug-likeness (QED) is 0.412. The molecule has 0 N–H and O–H groups in total. The molecule has 0 spiro atoms. The highest BCUT2D eigenvalue weighted by atomic mass is 19.4. The molecule has 0 atom stereocenters. The van der Waals surface area contributed by atoms with Crippen molar-refractivity contribution in [2.45, 2.75) is 30.9 Å². The monoisotopic (exact) mass is 443 g/mol. The summed E-state index contributed by atoms with van der Waals surface area (Å²) >= 11 is 0. The molecular formula is C12F15N. The van der Waals surface area contributed by atoms with Gasteiger partial charge in [-0.2, -0.15) is 71.1 Å². The van der Waals surface area contributed by atoms with Gasteiger partial charge in [-0.25, -0.2) is 0 Å². The zero-order chi connectivity index (χ0) is 22.7. The van der Waals surface area contributed by atoms with Crippen LogP contribution in [0.1, 0.15) is 33.4 Å². The summed E-state index contributed by atoms with van der Waals surface area (Å²) in [5.41, 5.74) is -23.4. The van der Waals surface area contributed by atoms with E-state index in [4.69, 9.17) is 5.26 Å². The third kappa shape index (κ3) is 4.22. The molecule has 1 aromatic carbocycles. The van der Waals surface area contributed by atoms with Crippen LogP contribution < -0.4 is 0 Å². The van der Waals surface area contributed by atoms with Gasteiger partial charge < -0.3 is 0 Å². The van der Waals surface area contributed by atoms with Crippen molar-refractivity contribution >= 4 is 0 Å². The van der Waals surface area contributed by atoms with Crippen LogP contribution in [0.5, 0.6) is 0 Å². The predicted octanol–water partition coefficient (Wildman–Crippen LogP) is 6.65. The first-order chi connectivity index (χ1) is 12.1. The van der Waals surface area contributed by atoms with Crippen LogP contribution in [0.3, 0.4) is 0 Å². The van der Waals surface area contributed by atoms with Crippen LogP contribution >= 0.6 is 0 Å². The molecule has 0 amide bonds. The molecule has 0 aliphatic carbocycles. The molecule has 0 aromatic heterocycles. The van der Waals surface area contributed by atoms with E-state index in [2.05, 4.69) is 0 Å². The molecule has 1 nitrogen and oxygen atoms in total. The molecule has 0 radical (unpaired) electrons. The normalized spacial score (nSPS) is 14.2. The van der Waals surface area contributed by atoms with Crippen LogP contribution in [0.15, 0.2) is 0 Å². The maximum absolute atomic E-state index is 12.9. The Morgan fingerprint density at radius 3 is 0.714 bits per heavy atom. The van der Waals surface area contributed by atoms with Crippen LogP contribution in [0.2, 0.25) is 0 Å². The molecule has 0 fully saturated rings. The van der Waals surface area contributed by atoms with Crippen LogP contribution in [0, 0.1) is 11.3 Å². The molecule has 0 saturated heterocycles. The van der Waals surface area contributed by atoms with Crippen molar-refractivity contribution in [1.82, 2.24) is 0 Å². The molecule has 28 heavy (non-hydrogen) atoms. The highest BCUT2D eigenvalue weighted by Gasteiger charge is 2.60. The lowest BCUT2D eigenvalue weighted by Gasteiger charge is -2.28. The lowest BCUT2D eigenvalue weighted by atomic mass is 9.85. The van der Waals surface area contributed by atoms with Crippen molar-refractivity contribution in [1.29, 1.82) is 5.26 Å². The van der Waals surface area contributed by atoms with Crippen LogP contribution in [0.25, 0.3) is 0 Å². The standard InChI is InChI=1S/C12F15N/c13-8(14,15)3-2(1-28)4(9(16,17)18)6(11(22,23)24)7(12(25,26)27)5(3)10(19,20)21. The van der Waals surface area contributed by atoms with Gasteiger partial charge in [-0.1, -0.05) is 0 Å². The van der Waals surface area contributed by atoms with Crippen LogP contribution in [-0.2, 0) is 30.9 Å². The largest absolute Gasteiger partial charge is 0.418 e. The third-order valence-corrected chi connectivity index (χ3v) is 3.03. The Hall–Kier alpha value is -2.34. The van der Waals surface area contributed by atoms with Crippen molar-refractivity contribution in [2.75, 3.05) is 0 Å².